The van der Waals surface area contributed by atoms with Crippen LogP contribution >= 0.6 is 17.3 Å². The van der Waals surface area contributed by atoms with Crippen LogP contribution in [0.15, 0.2) is 65.7 Å². The predicted molar refractivity (Wildman–Crippen MR) is 106 cm³/mol. The molecule has 0 saturated carbocycles. The molecule has 2 aliphatic heterocycles. The fraction of sp³-hybridized carbons (Fsp3) is 0.250. The Morgan fingerprint density at radius 3 is 2.29 bits per heavy atom. The molecule has 0 aromatic heterocycles. The molecule has 2 aromatic carbocycles. The number of rotatable bonds is 2. The number of benzene rings is 2. The van der Waals surface area contributed by atoms with E-state index in [0.717, 1.165) is 5.56 Å². The van der Waals surface area contributed by atoms with Crippen molar-refractivity contribution in [3.63, 3.8) is 0 Å². The average Bonchev–Trinajstić information content (AvgIpc) is 3.04. The summed E-state index contributed by atoms with van der Waals surface area (Å²) in [6.45, 7) is 4.64. The zero-order valence-corrected chi connectivity index (χ0v) is 17.1. The molecule has 0 spiro atoms. The minimum absolute atomic E-state index is 0.487. The molecule has 0 aliphatic carbocycles. The average molecular weight is 414 g/mol. The van der Waals surface area contributed by atoms with Gasteiger partial charge in [0.1, 0.15) is 0 Å². The molecule has 4 rings (SSSR count). The monoisotopic (exact) mass is 415 g/mol. The summed E-state index contributed by atoms with van der Waals surface area (Å²) in [6, 6.07) is 21.5. The van der Waals surface area contributed by atoms with E-state index in [-0.39, 0.29) is 0 Å². The van der Waals surface area contributed by atoms with E-state index in [1.54, 1.807) is 11.1 Å². The van der Waals surface area contributed by atoms with Crippen LogP contribution in [-0.2, 0) is 0 Å². The number of hydrogen-bond acceptors (Lipinski definition) is 2. The van der Waals surface area contributed by atoms with Crippen molar-refractivity contribution in [2.45, 2.75) is 29.7 Å². The normalized spacial score (nSPS) is 31.3. The third-order valence-electron chi connectivity index (χ3n) is 5.29. The molecule has 120 valence electrons. The molecule has 2 aliphatic rings. The molecule has 2 aromatic rings. The van der Waals surface area contributed by atoms with E-state index in [1.807, 2.05) is 12.1 Å². The summed E-state index contributed by atoms with van der Waals surface area (Å²) in [5.41, 5.74) is 4.42. The van der Waals surface area contributed by atoms with Crippen LogP contribution in [0.1, 0.15) is 30.2 Å². The predicted octanol–water partition coefficient (Wildman–Crippen LogP) is 4.82. The molecular weight excluding hydrogens is 396 g/mol. The van der Waals surface area contributed by atoms with Gasteiger partial charge in [-0.3, -0.25) is 0 Å². The second kappa shape index (κ2) is 6.05. The number of thioether (sulfide) groups is 1. The van der Waals surface area contributed by atoms with Crippen molar-refractivity contribution in [3.05, 3.63) is 76.9 Å². The summed E-state index contributed by atoms with van der Waals surface area (Å²) in [6.07, 6.45) is 0. The van der Waals surface area contributed by atoms with Crippen LogP contribution in [0.25, 0.3) is 0 Å². The Kier molecular flexibility index (Phi) is 4.14. The van der Waals surface area contributed by atoms with Gasteiger partial charge in [0.05, 0.1) is 0 Å². The molecule has 2 heterocycles. The fourth-order valence-corrected chi connectivity index (χ4v) is 16.6. The molecule has 1 fully saturated rings. The maximum absolute atomic E-state index is 9.05. The van der Waals surface area contributed by atoms with Crippen LogP contribution in [0.5, 0.6) is 0 Å². The van der Waals surface area contributed by atoms with Crippen molar-refractivity contribution in [1.29, 1.82) is 5.26 Å². The molecule has 1 saturated heterocycles. The Morgan fingerprint density at radius 2 is 1.67 bits per heavy atom. The SMILES string of the molecule is CC1=C(C)[C@@H]2[C@H](c3ccc(C#N)cc3)S[C@H]1P2(=[Se])c1ccccc1. The molecule has 1 unspecified atom stereocenters. The third kappa shape index (κ3) is 2.25. The van der Waals surface area contributed by atoms with Gasteiger partial charge in [-0.15, -0.1) is 0 Å². The van der Waals surface area contributed by atoms with Gasteiger partial charge in [0.15, 0.2) is 0 Å². The van der Waals surface area contributed by atoms with Crippen molar-refractivity contribution in [1.82, 2.24) is 0 Å². The number of nitrogens with zero attached hydrogens (tertiary/aromatic N) is 1. The molecule has 2 bridgehead atoms. The Bertz CT molecular complexity index is 911. The second-order valence-electron chi connectivity index (χ2n) is 6.50. The fourth-order valence-electron chi connectivity index (χ4n) is 3.95. The van der Waals surface area contributed by atoms with E-state index in [1.165, 1.54) is 10.9 Å². The van der Waals surface area contributed by atoms with Crippen molar-refractivity contribution in [2.75, 3.05) is 0 Å². The van der Waals surface area contributed by atoms with Crippen LogP contribution in [0.2, 0.25) is 0 Å². The quantitative estimate of drug-likeness (QED) is 0.400. The number of allylic oxidation sites excluding steroid dienone is 1. The first kappa shape index (κ1) is 16.4. The first-order valence-electron chi connectivity index (χ1n) is 8.05. The minimum atomic E-state index is -1.40. The van der Waals surface area contributed by atoms with Gasteiger partial charge >= 0.3 is 156 Å². The van der Waals surface area contributed by atoms with Gasteiger partial charge < -0.3 is 0 Å². The summed E-state index contributed by atoms with van der Waals surface area (Å²) in [7, 11) is 0. The molecule has 0 N–H and O–H groups in total. The van der Waals surface area contributed by atoms with Gasteiger partial charge in [-0.1, -0.05) is 0 Å². The molecule has 0 radical (unpaired) electrons. The molecule has 4 heteroatoms. The van der Waals surface area contributed by atoms with Gasteiger partial charge in [0.25, 0.3) is 0 Å². The molecule has 1 nitrogen and oxygen atoms in total. The standard InChI is InChI=1S/C20H18NPSSe/c1-13-14(2)20-22(24,17-6-4-3-5-7-17)18(13)19(23-20)16-10-8-15(12-21)9-11-16/h3-11,18-20H,1-2H3/t18-,19+,20-,22?/m1/s1. The van der Waals surface area contributed by atoms with Crippen molar-refractivity contribution < 1.29 is 0 Å². The Morgan fingerprint density at radius 1 is 1.00 bits per heavy atom. The number of nitriles is 1. The van der Waals surface area contributed by atoms with Crippen molar-refractivity contribution in [2.24, 2.45) is 0 Å². The molecule has 4 atom stereocenters. The summed E-state index contributed by atoms with van der Waals surface area (Å²) in [5.74, 6) is 0. The van der Waals surface area contributed by atoms with Crippen LogP contribution < -0.4 is 5.30 Å². The zero-order valence-electron chi connectivity index (χ0n) is 13.6. The van der Waals surface area contributed by atoms with Crippen LogP contribution in [0.4, 0.5) is 0 Å². The first-order chi connectivity index (χ1) is 11.6. The summed E-state index contributed by atoms with van der Waals surface area (Å²) >= 11 is 5.83. The maximum atomic E-state index is 9.05. The Labute approximate surface area is 155 Å². The summed E-state index contributed by atoms with van der Waals surface area (Å²) < 4.78 is 0. The van der Waals surface area contributed by atoms with E-state index in [0.29, 0.717) is 15.9 Å². The van der Waals surface area contributed by atoms with Gasteiger partial charge in [0, 0.05) is 0 Å². The zero-order chi connectivity index (χ0) is 16.9. The third-order valence-corrected chi connectivity index (χ3v) is 17.0. The topological polar surface area (TPSA) is 23.8 Å². The van der Waals surface area contributed by atoms with Crippen LogP contribution in [0, 0.1) is 11.3 Å². The van der Waals surface area contributed by atoms with Gasteiger partial charge in [-0.05, 0) is 0 Å². The Hall–Kier alpha value is -1.03. The van der Waals surface area contributed by atoms with Gasteiger partial charge in [-0.25, -0.2) is 0 Å². The molecule has 0 amide bonds. The van der Waals surface area contributed by atoms with E-state index in [2.05, 4.69) is 89.2 Å². The van der Waals surface area contributed by atoms with Crippen LogP contribution in [0.3, 0.4) is 0 Å². The van der Waals surface area contributed by atoms with Gasteiger partial charge in [0.2, 0.25) is 0 Å². The molecule has 24 heavy (non-hydrogen) atoms. The van der Waals surface area contributed by atoms with E-state index >= 15 is 0 Å². The van der Waals surface area contributed by atoms with Gasteiger partial charge in [-0.2, -0.15) is 0 Å². The first-order valence-corrected chi connectivity index (χ1v) is 13.1. The number of hydrogen-bond donors (Lipinski definition) is 0. The van der Waals surface area contributed by atoms with E-state index in [9.17, 15) is 0 Å². The van der Waals surface area contributed by atoms with E-state index in [4.69, 9.17) is 5.26 Å². The van der Waals surface area contributed by atoms with Crippen LogP contribution in [-0.4, -0.2) is 25.7 Å². The van der Waals surface area contributed by atoms with Crippen molar-refractivity contribution >= 4 is 37.7 Å². The van der Waals surface area contributed by atoms with Crippen molar-refractivity contribution in [3.8, 4) is 6.07 Å². The number of fused-ring (bicyclic) bond motifs is 2. The summed E-state index contributed by atoms with van der Waals surface area (Å²) in [4.78, 5) is 0.588. The Balaban J connectivity index is 1.81. The van der Waals surface area contributed by atoms with E-state index < -0.39 is 5.51 Å². The second-order valence-corrected chi connectivity index (χ2v) is 14.9. The summed E-state index contributed by atoms with van der Waals surface area (Å²) in [5, 5.41) is 11.0. The molecular formula is C20H18NPSSe.